The lowest BCUT2D eigenvalue weighted by Crippen LogP contribution is -1.92. The molecule has 130 valence electrons. The minimum Gasteiger partial charge on any atom is -0.360 e. The topological polar surface area (TPSA) is 90.3 Å². The van der Waals surface area contributed by atoms with E-state index in [-0.39, 0.29) is 11.4 Å². The van der Waals surface area contributed by atoms with Crippen molar-refractivity contribution in [2.75, 3.05) is 5.32 Å². The first-order valence-electron chi connectivity index (χ1n) is 7.43. The molecule has 0 aliphatic heterocycles. The summed E-state index contributed by atoms with van der Waals surface area (Å²) in [5.41, 5.74) is 2.24. The molecule has 0 saturated carbocycles. The van der Waals surface area contributed by atoms with Crippen LogP contribution in [0.2, 0.25) is 10.0 Å². The number of aromatic amines is 1. The number of nitrogens with zero attached hydrogens (tertiary/aromatic N) is 4. The van der Waals surface area contributed by atoms with Crippen LogP contribution in [-0.4, -0.2) is 20.6 Å². The Morgan fingerprint density at radius 3 is 2.65 bits per heavy atom. The van der Waals surface area contributed by atoms with E-state index in [4.69, 9.17) is 28.5 Å². The molecular formula is C17H12Cl2N6S. The van der Waals surface area contributed by atoms with Crippen molar-refractivity contribution >= 4 is 46.2 Å². The van der Waals surface area contributed by atoms with Crippen molar-refractivity contribution in [1.82, 2.24) is 20.6 Å². The third-order valence-corrected chi connectivity index (χ3v) is 5.16. The van der Waals surface area contributed by atoms with E-state index >= 15 is 0 Å². The second-order valence-corrected chi connectivity index (χ2v) is 6.97. The van der Waals surface area contributed by atoms with Gasteiger partial charge in [-0.3, -0.25) is 0 Å². The van der Waals surface area contributed by atoms with Gasteiger partial charge in [-0.1, -0.05) is 29.3 Å². The molecule has 9 heteroatoms. The van der Waals surface area contributed by atoms with E-state index in [2.05, 4.69) is 25.9 Å². The van der Waals surface area contributed by atoms with Gasteiger partial charge in [-0.25, -0.2) is 0 Å². The number of rotatable bonds is 6. The monoisotopic (exact) mass is 402 g/mol. The zero-order valence-electron chi connectivity index (χ0n) is 13.3. The third kappa shape index (κ3) is 4.76. The fourth-order valence-electron chi connectivity index (χ4n) is 2.02. The summed E-state index contributed by atoms with van der Waals surface area (Å²) in [6, 6.07) is 15.5. The molecule has 2 N–H and O–H groups in total. The average Bonchev–Trinajstić information content (AvgIpc) is 3.19. The van der Waals surface area contributed by atoms with Gasteiger partial charge in [-0.05, 0) is 47.2 Å². The van der Waals surface area contributed by atoms with Crippen LogP contribution in [0.1, 0.15) is 11.4 Å². The normalized spacial score (nSPS) is 11.2. The third-order valence-electron chi connectivity index (χ3n) is 3.33. The van der Waals surface area contributed by atoms with Gasteiger partial charge >= 0.3 is 0 Å². The number of nitrogens with one attached hydrogen (secondary N) is 2. The number of H-pyrrole nitrogens is 1. The first-order valence-corrected chi connectivity index (χ1v) is 9.17. The lowest BCUT2D eigenvalue weighted by molar-refractivity contribution is 0.881. The van der Waals surface area contributed by atoms with Crippen LogP contribution < -0.4 is 5.32 Å². The first kappa shape index (κ1) is 18.3. The van der Waals surface area contributed by atoms with E-state index in [1.165, 1.54) is 0 Å². The molecule has 26 heavy (non-hydrogen) atoms. The molecule has 1 heterocycles. The van der Waals surface area contributed by atoms with Crippen LogP contribution in [0, 0.1) is 11.3 Å². The maximum atomic E-state index is 9.13. The van der Waals surface area contributed by atoms with Crippen molar-refractivity contribution in [3.8, 4) is 6.07 Å². The SMILES string of the molecule is N#CC(=CNc1ccc(SCc2ccc(Cl)c(Cl)c2)cc1)c1nn[nH]n1. The highest BCUT2D eigenvalue weighted by molar-refractivity contribution is 7.98. The maximum Gasteiger partial charge on any atom is 0.216 e. The highest BCUT2D eigenvalue weighted by Crippen LogP contribution is 2.28. The van der Waals surface area contributed by atoms with E-state index in [0.717, 1.165) is 21.9 Å². The molecule has 0 spiro atoms. The van der Waals surface area contributed by atoms with E-state index < -0.39 is 0 Å². The summed E-state index contributed by atoms with van der Waals surface area (Å²) in [6.07, 6.45) is 1.54. The lowest BCUT2D eigenvalue weighted by atomic mass is 10.2. The molecule has 0 aliphatic carbocycles. The summed E-state index contributed by atoms with van der Waals surface area (Å²) in [6.45, 7) is 0. The van der Waals surface area contributed by atoms with E-state index in [9.17, 15) is 0 Å². The minimum absolute atomic E-state index is 0.244. The predicted octanol–water partition coefficient (Wildman–Crippen LogP) is 4.78. The zero-order chi connectivity index (χ0) is 18.4. The molecule has 0 atom stereocenters. The van der Waals surface area contributed by atoms with Crippen molar-refractivity contribution in [3.63, 3.8) is 0 Å². The van der Waals surface area contributed by atoms with Crippen molar-refractivity contribution in [1.29, 1.82) is 5.26 Å². The Balaban J connectivity index is 1.60. The van der Waals surface area contributed by atoms with Gasteiger partial charge in [0, 0.05) is 22.5 Å². The van der Waals surface area contributed by atoms with Crippen molar-refractivity contribution in [2.24, 2.45) is 0 Å². The van der Waals surface area contributed by atoms with Gasteiger partial charge in [0.25, 0.3) is 0 Å². The Labute approximate surface area is 164 Å². The number of halogens is 2. The highest BCUT2D eigenvalue weighted by atomic mass is 35.5. The molecule has 0 aliphatic rings. The number of anilines is 1. The molecule has 6 nitrogen and oxygen atoms in total. The Bertz CT molecular complexity index is 948. The zero-order valence-corrected chi connectivity index (χ0v) is 15.6. The van der Waals surface area contributed by atoms with Crippen LogP contribution >= 0.6 is 35.0 Å². The molecule has 0 bridgehead atoms. The Morgan fingerprint density at radius 2 is 2.00 bits per heavy atom. The quantitative estimate of drug-likeness (QED) is 0.455. The fraction of sp³-hybridized carbons (Fsp3) is 0.0588. The van der Waals surface area contributed by atoms with Gasteiger partial charge in [0.15, 0.2) is 0 Å². The molecule has 0 fully saturated rings. The standard InChI is InChI=1S/C17H12Cl2N6S/c18-15-6-1-11(7-16(15)19)10-26-14-4-2-13(3-5-14)21-9-12(8-20)17-22-24-25-23-17/h1-7,9,21H,10H2,(H,22,23,24,25). The first-order chi connectivity index (χ1) is 12.7. The minimum atomic E-state index is 0.244. The molecule has 0 saturated heterocycles. The molecule has 3 aromatic rings. The maximum absolute atomic E-state index is 9.13. The van der Waals surface area contributed by atoms with Gasteiger partial charge in [-0.2, -0.15) is 10.5 Å². The predicted molar refractivity (Wildman–Crippen MR) is 104 cm³/mol. The Hall–Kier alpha value is -2.53. The molecule has 0 amide bonds. The number of allylic oxidation sites excluding steroid dienone is 1. The summed E-state index contributed by atoms with van der Waals surface area (Å²) in [5, 5.41) is 26.6. The van der Waals surface area contributed by atoms with Crippen LogP contribution in [0.3, 0.4) is 0 Å². The number of aromatic nitrogens is 4. The van der Waals surface area contributed by atoms with Crippen LogP contribution in [-0.2, 0) is 5.75 Å². The van der Waals surface area contributed by atoms with Gasteiger partial charge in [0.2, 0.25) is 5.82 Å². The fourth-order valence-corrected chi connectivity index (χ4v) is 3.18. The van der Waals surface area contributed by atoms with Crippen LogP contribution in [0.4, 0.5) is 5.69 Å². The second kappa shape index (κ2) is 8.72. The molecule has 3 rings (SSSR count). The molecule has 1 aromatic heterocycles. The van der Waals surface area contributed by atoms with Gasteiger partial charge in [-0.15, -0.1) is 22.0 Å². The summed E-state index contributed by atoms with van der Waals surface area (Å²) in [5.74, 6) is 1.04. The molecule has 0 radical (unpaired) electrons. The highest BCUT2D eigenvalue weighted by Gasteiger charge is 2.05. The van der Waals surface area contributed by atoms with Crippen LogP contribution in [0.5, 0.6) is 0 Å². The summed E-state index contributed by atoms with van der Waals surface area (Å²) in [7, 11) is 0. The summed E-state index contributed by atoms with van der Waals surface area (Å²) < 4.78 is 0. The van der Waals surface area contributed by atoms with Gasteiger partial charge in [0.05, 0.1) is 10.0 Å². The number of thioether (sulfide) groups is 1. The van der Waals surface area contributed by atoms with E-state index in [1.807, 2.05) is 42.5 Å². The van der Waals surface area contributed by atoms with Crippen molar-refractivity contribution in [3.05, 3.63) is 70.1 Å². The number of tetrazole rings is 1. The van der Waals surface area contributed by atoms with Crippen molar-refractivity contribution in [2.45, 2.75) is 10.6 Å². The van der Waals surface area contributed by atoms with Crippen molar-refractivity contribution < 1.29 is 0 Å². The van der Waals surface area contributed by atoms with Gasteiger partial charge < -0.3 is 5.32 Å². The van der Waals surface area contributed by atoms with E-state index in [1.54, 1.807) is 24.0 Å². The molecular weight excluding hydrogens is 391 g/mol. The molecule has 0 unspecified atom stereocenters. The van der Waals surface area contributed by atoms with E-state index in [0.29, 0.717) is 10.0 Å². The smallest absolute Gasteiger partial charge is 0.216 e. The number of hydrogen-bond acceptors (Lipinski definition) is 6. The number of benzene rings is 2. The Kier molecular flexibility index (Phi) is 6.12. The lowest BCUT2D eigenvalue weighted by Gasteiger charge is -2.06. The molecule has 2 aromatic carbocycles. The van der Waals surface area contributed by atoms with Gasteiger partial charge in [0.1, 0.15) is 11.6 Å². The average molecular weight is 403 g/mol. The second-order valence-electron chi connectivity index (χ2n) is 5.11. The number of nitriles is 1. The largest absolute Gasteiger partial charge is 0.360 e. The summed E-state index contributed by atoms with van der Waals surface area (Å²) >= 11 is 13.7. The van der Waals surface area contributed by atoms with Crippen LogP contribution in [0.25, 0.3) is 5.57 Å². The van der Waals surface area contributed by atoms with Crippen LogP contribution in [0.15, 0.2) is 53.6 Å². The Morgan fingerprint density at radius 1 is 1.19 bits per heavy atom. The summed E-state index contributed by atoms with van der Waals surface area (Å²) in [4.78, 5) is 1.12. The number of hydrogen-bond donors (Lipinski definition) is 2.